The molecule has 0 saturated carbocycles. The molecule has 0 unspecified atom stereocenters. The molecule has 0 spiro atoms. The molecule has 0 saturated heterocycles. The maximum Gasteiger partial charge on any atom is 0.269 e. The van der Waals surface area contributed by atoms with Gasteiger partial charge in [-0.1, -0.05) is 41.5 Å². The Morgan fingerprint density at radius 1 is 1.03 bits per heavy atom. The number of aromatic nitrogens is 2. The van der Waals surface area contributed by atoms with Crippen molar-refractivity contribution in [3.05, 3.63) is 104 Å². The van der Waals surface area contributed by atoms with E-state index in [1.165, 1.54) is 22.7 Å². The fourth-order valence-electron chi connectivity index (χ4n) is 3.45. The zero-order valence-corrected chi connectivity index (χ0v) is 19.6. The van der Waals surface area contributed by atoms with Gasteiger partial charge in [0.05, 0.1) is 4.90 Å². The number of rotatable bonds is 5. The van der Waals surface area contributed by atoms with Gasteiger partial charge in [-0.25, -0.2) is 8.42 Å². The van der Waals surface area contributed by atoms with E-state index < -0.39 is 20.3 Å². The topological polar surface area (TPSA) is 102 Å². The summed E-state index contributed by atoms with van der Waals surface area (Å²) in [6.07, 6.45) is 2.55. The van der Waals surface area contributed by atoms with E-state index in [9.17, 15) is 18.5 Å². The van der Waals surface area contributed by atoms with Gasteiger partial charge >= 0.3 is 0 Å². The SMILES string of the molecule is Cc1ccc(S(=O)(=O)/C(C#N)=C/c2c(Oc3ccc(C)cc3C)nc3ccccn3c2=O)cc1. The normalized spacial score (nSPS) is 11.9. The Morgan fingerprint density at radius 3 is 2.41 bits per heavy atom. The van der Waals surface area contributed by atoms with Crippen molar-refractivity contribution in [2.24, 2.45) is 0 Å². The van der Waals surface area contributed by atoms with Crippen LogP contribution >= 0.6 is 0 Å². The van der Waals surface area contributed by atoms with Crippen LogP contribution in [0.25, 0.3) is 11.7 Å². The van der Waals surface area contributed by atoms with Crippen LogP contribution < -0.4 is 10.3 Å². The lowest BCUT2D eigenvalue weighted by molar-refractivity contribution is 0.457. The molecule has 170 valence electrons. The largest absolute Gasteiger partial charge is 0.438 e. The third kappa shape index (κ3) is 4.34. The molecule has 0 aliphatic rings. The van der Waals surface area contributed by atoms with Gasteiger partial charge in [0, 0.05) is 6.20 Å². The second-order valence-corrected chi connectivity index (χ2v) is 9.79. The molecule has 34 heavy (non-hydrogen) atoms. The average Bonchev–Trinajstić information content (AvgIpc) is 2.81. The molecule has 7 nitrogen and oxygen atoms in total. The van der Waals surface area contributed by atoms with Crippen LogP contribution in [0.4, 0.5) is 0 Å². The molecular weight excluding hydrogens is 450 g/mol. The molecule has 2 aromatic heterocycles. The van der Waals surface area contributed by atoms with Gasteiger partial charge in [-0.2, -0.15) is 10.2 Å². The third-order valence-corrected chi connectivity index (χ3v) is 6.96. The van der Waals surface area contributed by atoms with E-state index in [2.05, 4.69) is 4.98 Å². The lowest BCUT2D eigenvalue weighted by Gasteiger charge is -2.12. The van der Waals surface area contributed by atoms with E-state index in [1.54, 1.807) is 42.5 Å². The molecule has 0 aliphatic heterocycles. The molecule has 8 heteroatoms. The van der Waals surface area contributed by atoms with E-state index in [1.807, 2.05) is 32.9 Å². The van der Waals surface area contributed by atoms with E-state index in [-0.39, 0.29) is 16.3 Å². The molecule has 0 radical (unpaired) electrons. The highest BCUT2D eigenvalue weighted by atomic mass is 32.2. The van der Waals surface area contributed by atoms with Crippen molar-refractivity contribution >= 4 is 21.6 Å². The Balaban J connectivity index is 1.94. The van der Waals surface area contributed by atoms with Crippen molar-refractivity contribution in [2.45, 2.75) is 25.7 Å². The van der Waals surface area contributed by atoms with Gasteiger partial charge in [0.2, 0.25) is 15.7 Å². The molecule has 4 aromatic rings. The van der Waals surface area contributed by atoms with Gasteiger partial charge in [0.25, 0.3) is 5.56 Å². The number of sulfone groups is 1. The van der Waals surface area contributed by atoms with Gasteiger partial charge in [-0.3, -0.25) is 9.20 Å². The summed E-state index contributed by atoms with van der Waals surface area (Å²) >= 11 is 0. The molecule has 0 fully saturated rings. The molecule has 2 heterocycles. The zero-order chi connectivity index (χ0) is 24.5. The van der Waals surface area contributed by atoms with E-state index >= 15 is 0 Å². The average molecular weight is 472 g/mol. The van der Waals surface area contributed by atoms with Gasteiger partial charge in [-0.05, 0) is 62.7 Å². The second kappa shape index (κ2) is 8.96. The Morgan fingerprint density at radius 2 is 1.74 bits per heavy atom. The molecule has 0 amide bonds. The highest BCUT2D eigenvalue weighted by molar-refractivity contribution is 7.95. The van der Waals surface area contributed by atoms with Crippen LogP contribution in [0.2, 0.25) is 0 Å². The number of hydrogen-bond acceptors (Lipinski definition) is 6. The van der Waals surface area contributed by atoms with Crippen LogP contribution in [0, 0.1) is 32.1 Å². The second-order valence-electron chi connectivity index (χ2n) is 7.87. The Hall–Kier alpha value is -4.22. The summed E-state index contributed by atoms with van der Waals surface area (Å²) < 4.78 is 33.6. The minimum atomic E-state index is -4.17. The molecule has 0 aliphatic carbocycles. The first kappa shape index (κ1) is 23.0. The van der Waals surface area contributed by atoms with E-state index in [4.69, 9.17) is 4.74 Å². The predicted molar refractivity (Wildman–Crippen MR) is 129 cm³/mol. The fraction of sp³-hybridized carbons (Fsp3) is 0.115. The zero-order valence-electron chi connectivity index (χ0n) is 18.8. The number of nitrogens with zero attached hydrogens (tertiary/aromatic N) is 3. The van der Waals surface area contributed by atoms with Crippen molar-refractivity contribution < 1.29 is 13.2 Å². The van der Waals surface area contributed by atoms with Gasteiger partial charge < -0.3 is 4.74 Å². The van der Waals surface area contributed by atoms with Crippen LogP contribution in [-0.2, 0) is 9.84 Å². The molecule has 0 atom stereocenters. The summed E-state index contributed by atoms with van der Waals surface area (Å²) in [5.41, 5.74) is 2.35. The summed E-state index contributed by atoms with van der Waals surface area (Å²) in [7, 11) is -4.17. The van der Waals surface area contributed by atoms with Crippen molar-refractivity contribution in [2.75, 3.05) is 0 Å². The van der Waals surface area contributed by atoms with Crippen molar-refractivity contribution in [1.29, 1.82) is 5.26 Å². The summed E-state index contributed by atoms with van der Waals surface area (Å²) in [5, 5.41) is 9.73. The van der Waals surface area contributed by atoms with Crippen LogP contribution in [0.3, 0.4) is 0 Å². The Kier molecular flexibility index (Phi) is 6.05. The Labute approximate surface area is 197 Å². The number of allylic oxidation sites excluding steroid dienone is 1. The smallest absolute Gasteiger partial charge is 0.269 e. The fourth-order valence-corrected chi connectivity index (χ4v) is 4.59. The summed E-state index contributed by atoms with van der Waals surface area (Å²) in [5.74, 6) is 0.377. The minimum Gasteiger partial charge on any atom is -0.438 e. The minimum absolute atomic E-state index is 0.0448. The summed E-state index contributed by atoms with van der Waals surface area (Å²) in [6.45, 7) is 5.63. The van der Waals surface area contributed by atoms with Crippen LogP contribution in [-0.4, -0.2) is 17.8 Å². The van der Waals surface area contributed by atoms with Gasteiger partial charge in [-0.15, -0.1) is 0 Å². The first-order valence-corrected chi connectivity index (χ1v) is 11.9. The highest BCUT2D eigenvalue weighted by Crippen LogP contribution is 2.29. The number of hydrogen-bond donors (Lipinski definition) is 0. The van der Waals surface area contributed by atoms with E-state index in [0.717, 1.165) is 22.8 Å². The molecule has 0 N–H and O–H groups in total. The summed E-state index contributed by atoms with van der Waals surface area (Å²) in [6, 6.07) is 18.4. The van der Waals surface area contributed by atoms with E-state index in [0.29, 0.717) is 11.4 Å². The monoisotopic (exact) mass is 471 g/mol. The van der Waals surface area contributed by atoms with Crippen molar-refractivity contribution in [3.8, 4) is 17.7 Å². The third-order valence-electron chi connectivity index (χ3n) is 5.28. The predicted octanol–water partition coefficient (Wildman–Crippen LogP) is 4.75. The quantitative estimate of drug-likeness (QED) is 0.389. The first-order valence-electron chi connectivity index (χ1n) is 10.4. The van der Waals surface area contributed by atoms with Gasteiger partial charge in [0.1, 0.15) is 27.9 Å². The number of nitriles is 1. The number of fused-ring (bicyclic) bond motifs is 1. The maximum atomic E-state index is 13.3. The number of benzene rings is 2. The number of ether oxygens (including phenoxy) is 1. The van der Waals surface area contributed by atoms with Gasteiger partial charge in [0.15, 0.2) is 0 Å². The van der Waals surface area contributed by atoms with Crippen LogP contribution in [0.1, 0.15) is 22.3 Å². The Bertz CT molecular complexity index is 1640. The standard InChI is InChI=1S/C26H21N3O4S/c1-17-7-10-20(11-8-17)34(31,32)21(16-27)15-22-25(33-23-12-9-18(2)14-19(23)3)28-24-6-4-5-13-29(24)26(22)30/h4-15H,1-3H3/b21-15+. The first-order chi connectivity index (χ1) is 16.2. The van der Waals surface area contributed by atoms with Crippen LogP contribution in [0.15, 0.2) is 81.5 Å². The highest BCUT2D eigenvalue weighted by Gasteiger charge is 2.23. The molecule has 4 rings (SSSR count). The van der Waals surface area contributed by atoms with Crippen LogP contribution in [0.5, 0.6) is 11.6 Å². The lowest BCUT2D eigenvalue weighted by Crippen LogP contribution is -2.19. The summed E-state index contributed by atoms with van der Waals surface area (Å²) in [4.78, 5) is 17.1. The van der Waals surface area contributed by atoms with Crippen molar-refractivity contribution in [3.63, 3.8) is 0 Å². The molecule has 2 aromatic carbocycles. The lowest BCUT2D eigenvalue weighted by atomic mass is 10.1. The maximum absolute atomic E-state index is 13.3. The van der Waals surface area contributed by atoms with Crippen molar-refractivity contribution in [1.82, 2.24) is 9.38 Å². The number of pyridine rings is 1. The molecule has 0 bridgehead atoms. The molecular formula is C26H21N3O4S. The number of aryl methyl sites for hydroxylation is 3.